The lowest BCUT2D eigenvalue weighted by atomic mass is 10.1. The van der Waals surface area contributed by atoms with Gasteiger partial charge in [-0.15, -0.1) is 0 Å². The summed E-state index contributed by atoms with van der Waals surface area (Å²) in [6.07, 6.45) is -2.89. The predicted molar refractivity (Wildman–Crippen MR) is 53.7 cm³/mol. The van der Waals surface area contributed by atoms with E-state index in [9.17, 15) is 13.2 Å². The number of hydrogen-bond donors (Lipinski definition) is 0. The van der Waals surface area contributed by atoms with Gasteiger partial charge < -0.3 is 0 Å². The van der Waals surface area contributed by atoms with Crippen molar-refractivity contribution < 1.29 is 13.2 Å². The van der Waals surface area contributed by atoms with Crippen LogP contribution in [0.25, 0.3) is 11.3 Å². The lowest BCUT2D eigenvalue weighted by Gasteiger charge is -2.10. The molecule has 0 aliphatic carbocycles. The molecule has 16 heavy (non-hydrogen) atoms. The van der Waals surface area contributed by atoms with Crippen molar-refractivity contribution in [2.45, 2.75) is 12.7 Å². The molecular formula is C11H9F3N2. The Morgan fingerprint density at radius 1 is 1.06 bits per heavy atom. The summed E-state index contributed by atoms with van der Waals surface area (Å²) in [5, 5.41) is 3.67. The van der Waals surface area contributed by atoms with Gasteiger partial charge in [-0.25, -0.2) is 0 Å². The standard InChI is InChI=1S/C11H9F3N2/c12-11(13,14)8-16-10(6-7-15-16)9-4-2-1-3-5-9/h1-7H,8H2. The second-order valence-corrected chi connectivity index (χ2v) is 3.36. The monoisotopic (exact) mass is 226 g/mol. The van der Waals surface area contributed by atoms with Crippen LogP contribution in [-0.4, -0.2) is 16.0 Å². The molecule has 84 valence electrons. The van der Waals surface area contributed by atoms with Gasteiger partial charge in [0, 0.05) is 6.20 Å². The fraction of sp³-hybridized carbons (Fsp3) is 0.182. The zero-order chi connectivity index (χ0) is 11.6. The zero-order valence-electron chi connectivity index (χ0n) is 8.28. The summed E-state index contributed by atoms with van der Waals surface area (Å²) in [7, 11) is 0. The highest BCUT2D eigenvalue weighted by molar-refractivity contribution is 5.58. The van der Waals surface area contributed by atoms with Gasteiger partial charge in [0.15, 0.2) is 0 Å². The Hall–Kier alpha value is -1.78. The van der Waals surface area contributed by atoms with Gasteiger partial charge in [-0.3, -0.25) is 4.68 Å². The highest BCUT2D eigenvalue weighted by Gasteiger charge is 2.29. The molecule has 0 aliphatic rings. The molecule has 0 saturated carbocycles. The van der Waals surface area contributed by atoms with Crippen molar-refractivity contribution >= 4 is 0 Å². The number of hydrogen-bond acceptors (Lipinski definition) is 1. The number of nitrogens with zero attached hydrogens (tertiary/aromatic N) is 2. The normalized spacial score (nSPS) is 11.7. The third kappa shape index (κ3) is 2.42. The molecule has 0 radical (unpaired) electrons. The molecule has 0 aliphatic heterocycles. The summed E-state index contributed by atoms with van der Waals surface area (Å²) in [5.41, 5.74) is 1.20. The van der Waals surface area contributed by atoms with Crippen LogP contribution in [-0.2, 0) is 6.54 Å². The quantitative estimate of drug-likeness (QED) is 0.769. The molecule has 1 aromatic heterocycles. The lowest BCUT2D eigenvalue weighted by Crippen LogP contribution is -2.19. The molecule has 0 bridgehead atoms. The minimum absolute atomic E-state index is 0.470. The third-order valence-electron chi connectivity index (χ3n) is 2.12. The van der Waals surface area contributed by atoms with Crippen molar-refractivity contribution in [3.63, 3.8) is 0 Å². The van der Waals surface area contributed by atoms with Crippen LogP contribution in [0.1, 0.15) is 0 Å². The number of benzene rings is 1. The summed E-state index contributed by atoms with van der Waals surface area (Å²) >= 11 is 0. The van der Waals surface area contributed by atoms with Gasteiger partial charge in [-0.2, -0.15) is 18.3 Å². The fourth-order valence-corrected chi connectivity index (χ4v) is 1.48. The molecule has 5 heteroatoms. The van der Waals surface area contributed by atoms with Crippen LogP contribution in [0.4, 0.5) is 13.2 Å². The maximum Gasteiger partial charge on any atom is 0.408 e. The van der Waals surface area contributed by atoms with E-state index in [1.165, 1.54) is 6.20 Å². The highest BCUT2D eigenvalue weighted by atomic mass is 19.4. The summed E-state index contributed by atoms with van der Waals surface area (Å²) in [4.78, 5) is 0. The summed E-state index contributed by atoms with van der Waals surface area (Å²) in [6, 6.07) is 10.4. The van der Waals surface area contributed by atoms with Crippen LogP contribution in [0.3, 0.4) is 0 Å². The highest BCUT2D eigenvalue weighted by Crippen LogP contribution is 2.23. The van der Waals surface area contributed by atoms with Crippen molar-refractivity contribution in [3.8, 4) is 11.3 Å². The molecule has 2 rings (SSSR count). The Morgan fingerprint density at radius 3 is 2.38 bits per heavy atom. The Labute approximate surface area is 90.3 Å². The predicted octanol–water partition coefficient (Wildman–Crippen LogP) is 3.11. The van der Waals surface area contributed by atoms with E-state index in [1.54, 1.807) is 30.3 Å². The van der Waals surface area contributed by atoms with E-state index in [4.69, 9.17) is 0 Å². The van der Waals surface area contributed by atoms with Gasteiger partial charge in [-0.05, 0) is 11.6 Å². The number of alkyl halides is 3. The van der Waals surface area contributed by atoms with Crippen LogP contribution in [0.2, 0.25) is 0 Å². The van der Waals surface area contributed by atoms with Crippen molar-refractivity contribution in [1.29, 1.82) is 0 Å². The van der Waals surface area contributed by atoms with Crippen molar-refractivity contribution in [2.75, 3.05) is 0 Å². The molecule has 0 unspecified atom stereocenters. The number of aromatic nitrogens is 2. The first-order valence-electron chi connectivity index (χ1n) is 4.70. The van der Waals surface area contributed by atoms with E-state index in [0.717, 1.165) is 10.2 Å². The molecule has 0 atom stereocenters. The molecule has 2 nitrogen and oxygen atoms in total. The first-order chi connectivity index (χ1) is 7.56. The zero-order valence-corrected chi connectivity index (χ0v) is 8.28. The number of rotatable bonds is 2. The SMILES string of the molecule is FC(F)(F)Cn1nccc1-c1ccccc1. The minimum Gasteiger partial charge on any atom is -0.256 e. The molecule has 0 saturated heterocycles. The first kappa shape index (κ1) is 10.7. The van der Waals surface area contributed by atoms with Crippen LogP contribution < -0.4 is 0 Å². The topological polar surface area (TPSA) is 17.8 Å². The van der Waals surface area contributed by atoms with Crippen LogP contribution in [0.5, 0.6) is 0 Å². The van der Waals surface area contributed by atoms with E-state index in [1.807, 2.05) is 6.07 Å². The molecule has 1 aromatic carbocycles. The Kier molecular flexibility index (Phi) is 2.68. The maximum absolute atomic E-state index is 12.3. The summed E-state index contributed by atoms with van der Waals surface area (Å²) in [6.45, 7) is -1.07. The van der Waals surface area contributed by atoms with E-state index in [-0.39, 0.29) is 0 Å². The lowest BCUT2D eigenvalue weighted by molar-refractivity contribution is -0.142. The maximum atomic E-state index is 12.3. The van der Waals surface area contributed by atoms with Crippen molar-refractivity contribution in [3.05, 3.63) is 42.6 Å². The van der Waals surface area contributed by atoms with E-state index in [0.29, 0.717) is 5.69 Å². The molecular weight excluding hydrogens is 217 g/mol. The van der Waals surface area contributed by atoms with E-state index < -0.39 is 12.7 Å². The van der Waals surface area contributed by atoms with Crippen LogP contribution >= 0.6 is 0 Å². The average molecular weight is 226 g/mol. The van der Waals surface area contributed by atoms with Gasteiger partial charge in [0.2, 0.25) is 0 Å². The van der Waals surface area contributed by atoms with Gasteiger partial charge in [-0.1, -0.05) is 30.3 Å². The Morgan fingerprint density at radius 2 is 1.75 bits per heavy atom. The Balaban J connectivity index is 2.33. The smallest absolute Gasteiger partial charge is 0.256 e. The van der Waals surface area contributed by atoms with Gasteiger partial charge in [0.1, 0.15) is 6.54 Å². The first-order valence-corrected chi connectivity index (χ1v) is 4.70. The molecule has 0 N–H and O–H groups in total. The minimum atomic E-state index is -4.25. The van der Waals surface area contributed by atoms with Crippen LogP contribution in [0.15, 0.2) is 42.6 Å². The summed E-state index contributed by atoms with van der Waals surface area (Å²) in [5.74, 6) is 0. The van der Waals surface area contributed by atoms with Crippen molar-refractivity contribution in [1.82, 2.24) is 9.78 Å². The fourth-order valence-electron chi connectivity index (χ4n) is 1.48. The van der Waals surface area contributed by atoms with E-state index in [2.05, 4.69) is 5.10 Å². The average Bonchev–Trinajstić information content (AvgIpc) is 2.64. The van der Waals surface area contributed by atoms with Gasteiger partial charge >= 0.3 is 6.18 Å². The van der Waals surface area contributed by atoms with Gasteiger partial charge in [0.25, 0.3) is 0 Å². The number of halogens is 3. The molecule has 1 heterocycles. The molecule has 0 fully saturated rings. The summed E-state index contributed by atoms with van der Waals surface area (Å²) < 4.78 is 37.7. The largest absolute Gasteiger partial charge is 0.408 e. The molecule has 0 amide bonds. The van der Waals surface area contributed by atoms with E-state index >= 15 is 0 Å². The van der Waals surface area contributed by atoms with Gasteiger partial charge in [0.05, 0.1) is 5.69 Å². The Bertz CT molecular complexity index is 460. The third-order valence-corrected chi connectivity index (χ3v) is 2.12. The second-order valence-electron chi connectivity index (χ2n) is 3.36. The molecule has 0 spiro atoms. The second kappa shape index (κ2) is 4.00. The van der Waals surface area contributed by atoms with Crippen molar-refractivity contribution in [2.24, 2.45) is 0 Å². The van der Waals surface area contributed by atoms with Crippen LogP contribution in [0, 0.1) is 0 Å². The molecule has 2 aromatic rings.